The molecule has 0 saturated carbocycles. The van der Waals surface area contributed by atoms with Gasteiger partial charge in [-0.1, -0.05) is 0 Å². The molecule has 0 bridgehead atoms. The zero-order valence-corrected chi connectivity index (χ0v) is 18.8. The van der Waals surface area contributed by atoms with Crippen molar-refractivity contribution in [2.45, 2.75) is 39.2 Å². The average molecular weight is 449 g/mol. The molecule has 2 aliphatic rings. The maximum absolute atomic E-state index is 12.6. The smallest absolute Gasteiger partial charge is 0.339 e. The molecule has 2 saturated heterocycles. The van der Waals surface area contributed by atoms with Gasteiger partial charge in [0, 0.05) is 26.2 Å². The van der Waals surface area contributed by atoms with E-state index in [1.807, 2.05) is 11.8 Å². The minimum atomic E-state index is -0.908. The second kappa shape index (κ2) is 11.7. The molecule has 2 amide bonds. The number of rotatable bonds is 8. The van der Waals surface area contributed by atoms with Gasteiger partial charge < -0.3 is 28.7 Å². The molecule has 2 fully saturated rings. The zero-order chi connectivity index (χ0) is 22.9. The molecule has 9 nitrogen and oxygen atoms in total. The third-order valence-corrected chi connectivity index (χ3v) is 5.49. The molecule has 3 rings (SSSR count). The molecule has 0 N–H and O–H groups in total. The van der Waals surface area contributed by atoms with Crippen LogP contribution >= 0.6 is 0 Å². The van der Waals surface area contributed by atoms with Gasteiger partial charge in [-0.3, -0.25) is 9.59 Å². The molecular weight excluding hydrogens is 416 g/mol. The number of carbonyl (C=O) groups excluding carboxylic acids is 3. The van der Waals surface area contributed by atoms with Gasteiger partial charge in [0.2, 0.25) is 0 Å². The highest BCUT2D eigenvalue weighted by atomic mass is 16.5. The van der Waals surface area contributed by atoms with Crippen LogP contribution in [0.5, 0.6) is 11.5 Å². The van der Waals surface area contributed by atoms with E-state index in [2.05, 4.69) is 0 Å². The Balaban J connectivity index is 1.60. The molecule has 9 heteroatoms. The van der Waals surface area contributed by atoms with Crippen molar-refractivity contribution in [1.29, 1.82) is 0 Å². The summed E-state index contributed by atoms with van der Waals surface area (Å²) in [5.41, 5.74) is 0.241. The van der Waals surface area contributed by atoms with Gasteiger partial charge in [-0.25, -0.2) is 4.79 Å². The van der Waals surface area contributed by atoms with E-state index in [1.54, 1.807) is 17.9 Å². The number of hydrogen-bond acceptors (Lipinski definition) is 7. The van der Waals surface area contributed by atoms with Gasteiger partial charge in [-0.2, -0.15) is 0 Å². The maximum atomic E-state index is 12.6. The summed E-state index contributed by atoms with van der Waals surface area (Å²) in [6.45, 7) is 7.08. The largest absolute Gasteiger partial charge is 0.490 e. The summed E-state index contributed by atoms with van der Waals surface area (Å²) in [4.78, 5) is 40.9. The quantitative estimate of drug-likeness (QED) is 0.561. The summed E-state index contributed by atoms with van der Waals surface area (Å²) in [6.07, 6.45) is 2.26. The minimum Gasteiger partial charge on any atom is -0.490 e. The molecule has 2 heterocycles. The monoisotopic (exact) mass is 448 g/mol. The first kappa shape index (κ1) is 23.8. The Morgan fingerprint density at radius 3 is 2.38 bits per heavy atom. The average Bonchev–Trinajstić information content (AvgIpc) is 2.83. The number of likely N-dealkylation sites (tertiary alicyclic amines) is 1. The zero-order valence-electron chi connectivity index (χ0n) is 18.8. The van der Waals surface area contributed by atoms with Gasteiger partial charge in [0.25, 0.3) is 11.8 Å². The number of morpholine rings is 1. The number of benzene rings is 1. The number of hydrogen-bond donors (Lipinski definition) is 0. The van der Waals surface area contributed by atoms with Crippen LogP contribution in [0.1, 0.15) is 43.5 Å². The predicted octanol–water partition coefficient (Wildman–Crippen LogP) is 1.88. The van der Waals surface area contributed by atoms with Crippen molar-refractivity contribution in [3.63, 3.8) is 0 Å². The second-order valence-corrected chi connectivity index (χ2v) is 7.81. The van der Waals surface area contributed by atoms with E-state index in [1.165, 1.54) is 12.1 Å². The first-order chi connectivity index (χ1) is 15.5. The van der Waals surface area contributed by atoms with E-state index < -0.39 is 12.1 Å². The van der Waals surface area contributed by atoms with Gasteiger partial charge in [0.1, 0.15) is 0 Å². The van der Waals surface area contributed by atoms with Gasteiger partial charge in [-0.05, 0) is 51.3 Å². The van der Waals surface area contributed by atoms with E-state index >= 15 is 0 Å². The Kier molecular flexibility index (Phi) is 8.72. The normalized spacial score (nSPS) is 17.4. The van der Waals surface area contributed by atoms with Crippen LogP contribution in [-0.4, -0.2) is 86.3 Å². The Bertz CT molecular complexity index is 802. The summed E-state index contributed by atoms with van der Waals surface area (Å²) in [5.74, 6) is -0.211. The van der Waals surface area contributed by atoms with Crippen LogP contribution in [0.2, 0.25) is 0 Å². The highest BCUT2D eigenvalue weighted by molar-refractivity contribution is 5.93. The van der Waals surface area contributed by atoms with Crippen molar-refractivity contribution >= 4 is 17.8 Å². The standard InChI is InChI=1S/C23H32N2O7/c1-3-30-20-15-18(23(28)32-17(2)22(27)25-11-13-29-14-12-25)7-8-19(20)31-16-21(26)24-9-5-4-6-10-24/h7-8,15,17H,3-6,9-14,16H2,1-2H3. The summed E-state index contributed by atoms with van der Waals surface area (Å²) in [6, 6.07) is 4.63. The SMILES string of the molecule is CCOc1cc(C(=O)OC(C)C(=O)N2CCOCC2)ccc1OCC(=O)N1CCCCC1. The summed E-state index contributed by atoms with van der Waals surface area (Å²) >= 11 is 0. The number of piperidine rings is 1. The number of ether oxygens (including phenoxy) is 4. The van der Waals surface area contributed by atoms with Crippen LogP contribution in [0.4, 0.5) is 0 Å². The molecule has 0 aromatic heterocycles. The molecular formula is C23H32N2O7. The van der Waals surface area contributed by atoms with E-state index in [-0.39, 0.29) is 24.0 Å². The fourth-order valence-corrected chi connectivity index (χ4v) is 3.72. The topological polar surface area (TPSA) is 94.6 Å². The molecule has 1 aromatic rings. The van der Waals surface area contributed by atoms with Crippen LogP contribution in [-0.2, 0) is 19.1 Å². The van der Waals surface area contributed by atoms with Gasteiger partial charge in [-0.15, -0.1) is 0 Å². The predicted molar refractivity (Wildman–Crippen MR) is 116 cm³/mol. The number of esters is 1. The van der Waals surface area contributed by atoms with Crippen molar-refractivity contribution in [2.24, 2.45) is 0 Å². The van der Waals surface area contributed by atoms with Crippen molar-refractivity contribution in [3.05, 3.63) is 23.8 Å². The summed E-state index contributed by atoms with van der Waals surface area (Å²) < 4.78 is 21.9. The van der Waals surface area contributed by atoms with E-state index in [9.17, 15) is 14.4 Å². The van der Waals surface area contributed by atoms with Crippen molar-refractivity contribution < 1.29 is 33.3 Å². The molecule has 1 unspecified atom stereocenters. The Hall–Kier alpha value is -2.81. The van der Waals surface area contributed by atoms with Gasteiger partial charge in [0.15, 0.2) is 24.2 Å². The fraction of sp³-hybridized carbons (Fsp3) is 0.609. The molecule has 1 aromatic carbocycles. The first-order valence-corrected chi connectivity index (χ1v) is 11.2. The van der Waals surface area contributed by atoms with Gasteiger partial charge in [0.05, 0.1) is 25.4 Å². The molecule has 1 atom stereocenters. The Morgan fingerprint density at radius 1 is 0.969 bits per heavy atom. The van der Waals surface area contributed by atoms with Crippen LogP contribution in [0.15, 0.2) is 18.2 Å². The third kappa shape index (κ3) is 6.35. The third-order valence-electron chi connectivity index (χ3n) is 5.49. The highest BCUT2D eigenvalue weighted by Gasteiger charge is 2.26. The highest BCUT2D eigenvalue weighted by Crippen LogP contribution is 2.29. The fourth-order valence-electron chi connectivity index (χ4n) is 3.72. The summed E-state index contributed by atoms with van der Waals surface area (Å²) in [5, 5.41) is 0. The number of amides is 2. The van der Waals surface area contributed by atoms with Gasteiger partial charge >= 0.3 is 5.97 Å². The lowest BCUT2D eigenvalue weighted by Gasteiger charge is -2.29. The van der Waals surface area contributed by atoms with E-state index in [0.29, 0.717) is 44.4 Å². The Labute approximate surface area is 188 Å². The van der Waals surface area contributed by atoms with Crippen molar-refractivity contribution in [2.75, 3.05) is 52.6 Å². The van der Waals surface area contributed by atoms with Crippen LogP contribution < -0.4 is 9.47 Å². The maximum Gasteiger partial charge on any atom is 0.339 e. The van der Waals surface area contributed by atoms with Crippen LogP contribution in [0.25, 0.3) is 0 Å². The molecule has 0 radical (unpaired) electrons. The van der Waals surface area contributed by atoms with Crippen molar-refractivity contribution in [3.8, 4) is 11.5 Å². The molecule has 176 valence electrons. The van der Waals surface area contributed by atoms with E-state index in [4.69, 9.17) is 18.9 Å². The van der Waals surface area contributed by atoms with Crippen molar-refractivity contribution in [1.82, 2.24) is 9.80 Å². The lowest BCUT2D eigenvalue weighted by molar-refractivity contribution is -0.143. The minimum absolute atomic E-state index is 0.0638. The Morgan fingerprint density at radius 2 is 1.69 bits per heavy atom. The van der Waals surface area contributed by atoms with Crippen LogP contribution in [0, 0.1) is 0 Å². The number of nitrogens with zero attached hydrogens (tertiary/aromatic N) is 2. The number of carbonyl (C=O) groups is 3. The molecule has 0 aliphatic carbocycles. The lowest BCUT2D eigenvalue weighted by Crippen LogP contribution is -2.46. The second-order valence-electron chi connectivity index (χ2n) is 7.81. The molecule has 32 heavy (non-hydrogen) atoms. The first-order valence-electron chi connectivity index (χ1n) is 11.2. The van der Waals surface area contributed by atoms with Crippen LogP contribution in [0.3, 0.4) is 0 Å². The lowest BCUT2D eigenvalue weighted by atomic mass is 10.1. The molecule has 2 aliphatic heterocycles. The molecule has 0 spiro atoms. The summed E-state index contributed by atoms with van der Waals surface area (Å²) in [7, 11) is 0. The van der Waals surface area contributed by atoms with E-state index in [0.717, 1.165) is 32.4 Å².